The summed E-state index contributed by atoms with van der Waals surface area (Å²) in [6.45, 7) is -0.0287. The fourth-order valence-corrected chi connectivity index (χ4v) is 8.98. The summed E-state index contributed by atoms with van der Waals surface area (Å²) in [7, 11) is 0. The largest absolute Gasteiger partial charge is 0.508 e. The average molecular weight is 794 g/mol. The predicted molar refractivity (Wildman–Crippen MR) is 165 cm³/mol. The normalized spacial score (nSPS) is 29.3. The average Bonchev–Trinajstić information content (AvgIpc) is 3.38. The van der Waals surface area contributed by atoms with Gasteiger partial charge in [0.05, 0.1) is 11.8 Å². The molecule has 49 heavy (non-hydrogen) atoms. The lowest BCUT2D eigenvalue weighted by Gasteiger charge is -2.50. The molecule has 2 aliphatic heterocycles. The number of amides is 4. The Kier molecular flexibility index (Phi) is 8.88. The molecule has 4 amide bonds. The number of alkyl halides is 2. The van der Waals surface area contributed by atoms with Crippen molar-refractivity contribution in [1.82, 2.24) is 4.90 Å². The fraction of sp³-hybridized carbons (Fsp3) is 0.406. The number of carboxylic acid groups (broad SMARTS) is 1. The van der Waals surface area contributed by atoms with Gasteiger partial charge in [0.2, 0.25) is 17.6 Å². The number of phenolic OH excluding ortho intramolecular Hbond substituents is 1. The lowest BCUT2D eigenvalue weighted by atomic mass is 9.56. The van der Waals surface area contributed by atoms with Gasteiger partial charge in [-0.1, -0.05) is 34.0 Å². The van der Waals surface area contributed by atoms with Crippen LogP contribution >= 0.6 is 39.1 Å². The molecule has 2 heterocycles. The van der Waals surface area contributed by atoms with Crippen LogP contribution in [-0.4, -0.2) is 61.0 Å². The molecule has 1 saturated carbocycles. The molecule has 0 radical (unpaired) electrons. The number of benzene rings is 2. The van der Waals surface area contributed by atoms with Gasteiger partial charge in [-0.05, 0) is 49.8 Å². The molecule has 17 heteroatoms. The summed E-state index contributed by atoms with van der Waals surface area (Å²) in [5.74, 6) is -23.1. The molecule has 2 N–H and O–H groups in total. The van der Waals surface area contributed by atoms with Crippen molar-refractivity contribution >= 4 is 74.4 Å². The number of hydrogen-bond acceptors (Lipinski definition) is 6. The van der Waals surface area contributed by atoms with Gasteiger partial charge in [0, 0.05) is 28.9 Å². The Labute approximate surface area is 292 Å². The monoisotopic (exact) mass is 792 g/mol. The van der Waals surface area contributed by atoms with Crippen LogP contribution in [0.15, 0.2) is 34.3 Å². The number of fused-ring (bicyclic) bond motifs is 4. The number of carbonyl (C=O) groups excluding carboxylic acids is 4. The third-order valence-electron chi connectivity index (χ3n) is 9.89. The summed E-state index contributed by atoms with van der Waals surface area (Å²) in [5, 5.41) is 19.9. The van der Waals surface area contributed by atoms with Crippen LogP contribution in [0.3, 0.4) is 0 Å². The van der Waals surface area contributed by atoms with Gasteiger partial charge < -0.3 is 10.2 Å². The van der Waals surface area contributed by atoms with Gasteiger partial charge >= 0.3 is 5.97 Å². The number of phenols is 1. The minimum Gasteiger partial charge on any atom is -0.508 e. The van der Waals surface area contributed by atoms with E-state index in [1.165, 1.54) is 24.3 Å². The number of hydrogen-bond donors (Lipinski definition) is 2. The SMILES string of the molecule is O=C(O)CCCCCN1C(=O)C2CC=C3C(CC4(Cl)C(=O)N(c5c(F)c(F)c(F)c(F)c5F)C(=O)C4(Cl)C3c3cc(Br)ccc3O)C2C1=O. The Morgan fingerprint density at radius 3 is 2.16 bits per heavy atom. The molecule has 6 rings (SSSR count). The van der Waals surface area contributed by atoms with Gasteiger partial charge in [0.25, 0.3) is 11.8 Å². The summed E-state index contributed by atoms with van der Waals surface area (Å²) in [5.41, 5.74) is -1.81. The van der Waals surface area contributed by atoms with E-state index in [1.54, 1.807) is 0 Å². The Balaban J connectivity index is 1.48. The van der Waals surface area contributed by atoms with Crippen LogP contribution in [0.1, 0.15) is 50.0 Å². The molecule has 0 bridgehead atoms. The van der Waals surface area contributed by atoms with E-state index < -0.39 is 110 Å². The highest BCUT2D eigenvalue weighted by atomic mass is 79.9. The maximum atomic E-state index is 15.1. The second-order valence-corrected chi connectivity index (χ2v) is 14.6. The van der Waals surface area contributed by atoms with Crippen LogP contribution < -0.4 is 4.90 Å². The molecule has 2 aromatic carbocycles. The second-order valence-electron chi connectivity index (χ2n) is 12.4. The minimum absolute atomic E-state index is 0.0287. The van der Waals surface area contributed by atoms with Crippen molar-refractivity contribution in [3.05, 3.63) is 69.0 Å². The summed E-state index contributed by atoms with van der Waals surface area (Å²) in [6, 6.07) is 3.97. The van der Waals surface area contributed by atoms with Crippen molar-refractivity contribution in [2.45, 2.75) is 54.2 Å². The highest BCUT2D eigenvalue weighted by molar-refractivity contribution is 9.10. The fourth-order valence-electron chi connectivity index (χ4n) is 7.68. The van der Waals surface area contributed by atoms with Gasteiger partial charge in [-0.2, -0.15) is 0 Å². The van der Waals surface area contributed by atoms with Crippen molar-refractivity contribution in [3.63, 3.8) is 0 Å². The smallest absolute Gasteiger partial charge is 0.303 e. The molecule has 2 aromatic rings. The van der Waals surface area contributed by atoms with Crippen LogP contribution in [-0.2, 0) is 24.0 Å². The third-order valence-corrected chi connectivity index (χ3v) is 11.8. The number of nitrogens with zero attached hydrogens (tertiary/aromatic N) is 2. The zero-order chi connectivity index (χ0) is 35.9. The zero-order valence-corrected chi connectivity index (χ0v) is 28.0. The van der Waals surface area contributed by atoms with Crippen LogP contribution in [0.2, 0.25) is 0 Å². The van der Waals surface area contributed by atoms with E-state index in [0.717, 1.165) is 4.90 Å². The number of likely N-dealkylation sites (tertiary alicyclic amines) is 1. The number of rotatable bonds is 8. The first-order chi connectivity index (χ1) is 23.0. The van der Waals surface area contributed by atoms with Gasteiger partial charge in [0.15, 0.2) is 33.0 Å². The number of allylic oxidation sites excluding steroid dienone is 2. The molecule has 0 aromatic heterocycles. The molecule has 0 spiro atoms. The van der Waals surface area contributed by atoms with Crippen molar-refractivity contribution in [2.24, 2.45) is 17.8 Å². The lowest BCUT2D eigenvalue weighted by Crippen LogP contribution is -2.60. The van der Waals surface area contributed by atoms with E-state index in [-0.39, 0.29) is 35.4 Å². The van der Waals surface area contributed by atoms with Gasteiger partial charge in [0.1, 0.15) is 11.4 Å². The first-order valence-electron chi connectivity index (χ1n) is 15.0. The first kappa shape index (κ1) is 35.3. The maximum absolute atomic E-state index is 15.1. The summed E-state index contributed by atoms with van der Waals surface area (Å²) >= 11 is 17.4. The molecule has 6 unspecified atom stereocenters. The number of carbonyl (C=O) groups is 5. The number of unbranched alkanes of at least 4 members (excludes halogenated alkanes) is 2. The number of halogens is 8. The topological polar surface area (TPSA) is 132 Å². The Morgan fingerprint density at radius 2 is 1.53 bits per heavy atom. The second kappa shape index (κ2) is 12.3. The number of carboxylic acids is 1. The quantitative estimate of drug-likeness (QED) is 0.0632. The molecule has 2 aliphatic carbocycles. The van der Waals surface area contributed by atoms with E-state index in [0.29, 0.717) is 23.7 Å². The Morgan fingerprint density at radius 1 is 0.898 bits per heavy atom. The summed E-state index contributed by atoms with van der Waals surface area (Å²) in [4.78, 5) is 62.0. The number of anilines is 1. The van der Waals surface area contributed by atoms with E-state index in [1.807, 2.05) is 0 Å². The van der Waals surface area contributed by atoms with Crippen molar-refractivity contribution in [1.29, 1.82) is 0 Å². The highest BCUT2D eigenvalue weighted by Crippen LogP contribution is 2.66. The number of aromatic hydroxyl groups is 1. The molecule has 6 atom stereocenters. The van der Waals surface area contributed by atoms with Crippen LogP contribution in [0.5, 0.6) is 5.75 Å². The zero-order valence-electron chi connectivity index (χ0n) is 24.9. The third kappa shape index (κ3) is 5.01. The van der Waals surface area contributed by atoms with Crippen molar-refractivity contribution in [2.75, 3.05) is 11.4 Å². The lowest BCUT2D eigenvalue weighted by molar-refractivity contribution is -0.141. The Hall–Kier alpha value is -3.56. The van der Waals surface area contributed by atoms with Crippen LogP contribution in [0.25, 0.3) is 0 Å². The molecule has 9 nitrogen and oxygen atoms in total. The molecule has 3 fully saturated rings. The summed E-state index contributed by atoms with van der Waals surface area (Å²) < 4.78 is 73.3. The van der Waals surface area contributed by atoms with Gasteiger partial charge in [-0.25, -0.2) is 26.9 Å². The van der Waals surface area contributed by atoms with E-state index in [2.05, 4.69) is 15.9 Å². The molecule has 2 saturated heterocycles. The maximum Gasteiger partial charge on any atom is 0.303 e. The summed E-state index contributed by atoms with van der Waals surface area (Å²) in [6.07, 6.45) is 1.73. The van der Waals surface area contributed by atoms with Gasteiger partial charge in [-0.15, -0.1) is 23.2 Å². The Bertz CT molecular complexity index is 1870. The van der Waals surface area contributed by atoms with Gasteiger partial charge in [-0.3, -0.25) is 28.9 Å². The van der Waals surface area contributed by atoms with E-state index in [9.17, 15) is 42.3 Å². The molecule has 260 valence electrons. The molecular formula is C32H24BrCl2F5N2O7. The minimum atomic E-state index is -2.76. The number of aliphatic carboxylic acids is 1. The molecule has 4 aliphatic rings. The number of imide groups is 2. The van der Waals surface area contributed by atoms with Crippen LogP contribution in [0, 0.1) is 46.8 Å². The van der Waals surface area contributed by atoms with E-state index in [4.69, 9.17) is 28.3 Å². The standard InChI is InChI=1S/C32H24BrCl2F5N2O7/c33-12-5-8-17(43)15(10-12)20-13-6-7-14-19(28(47)41(27(14)46)9-3-1-2-4-18(44)45)16(13)11-31(34)29(48)42(30(49)32(20,31)35)26-24(39)22(37)21(36)23(38)25(26)40/h5-6,8,10,14,16,19-20,43H,1-4,7,9,11H2,(H,44,45). The first-order valence-corrected chi connectivity index (χ1v) is 16.6. The van der Waals surface area contributed by atoms with Crippen molar-refractivity contribution < 1.29 is 56.1 Å². The highest BCUT2D eigenvalue weighted by Gasteiger charge is 2.77. The van der Waals surface area contributed by atoms with Crippen molar-refractivity contribution in [3.8, 4) is 5.75 Å². The van der Waals surface area contributed by atoms with Crippen LogP contribution in [0.4, 0.5) is 27.6 Å². The predicted octanol–water partition coefficient (Wildman–Crippen LogP) is 6.06. The van der Waals surface area contributed by atoms with E-state index >= 15 is 8.78 Å². The molecular weight excluding hydrogens is 770 g/mol.